The molecule has 0 saturated heterocycles. The SMILES string of the molecule is O=C(N/N=C/c1cc(Cl)c(OCc2ccccc2)c(Br)c1)c1cc2cc(Br)ccc2o1. The Bertz CT molecular complexity index is 1250. The van der Waals surface area contributed by atoms with Gasteiger partial charge in [0.05, 0.1) is 15.7 Å². The van der Waals surface area contributed by atoms with Gasteiger partial charge in [0, 0.05) is 9.86 Å². The van der Waals surface area contributed by atoms with Crippen molar-refractivity contribution in [2.24, 2.45) is 5.10 Å². The van der Waals surface area contributed by atoms with E-state index >= 15 is 0 Å². The molecule has 8 heteroatoms. The summed E-state index contributed by atoms with van der Waals surface area (Å²) in [5.74, 6) is 0.269. The minimum Gasteiger partial charge on any atom is -0.486 e. The maximum Gasteiger partial charge on any atom is 0.307 e. The molecular weight excluding hydrogens is 548 g/mol. The van der Waals surface area contributed by atoms with Crippen molar-refractivity contribution in [3.63, 3.8) is 0 Å². The third kappa shape index (κ3) is 5.36. The molecule has 31 heavy (non-hydrogen) atoms. The Morgan fingerprint density at radius 3 is 2.68 bits per heavy atom. The maximum atomic E-state index is 12.3. The van der Waals surface area contributed by atoms with Crippen LogP contribution < -0.4 is 10.2 Å². The molecule has 0 unspecified atom stereocenters. The number of hydrazone groups is 1. The van der Waals surface area contributed by atoms with Crippen LogP contribution in [0.4, 0.5) is 0 Å². The number of carbonyl (C=O) groups excluding carboxylic acids is 1. The van der Waals surface area contributed by atoms with Crippen LogP contribution in [0.2, 0.25) is 5.02 Å². The third-order valence-electron chi connectivity index (χ3n) is 4.33. The number of benzene rings is 3. The smallest absolute Gasteiger partial charge is 0.307 e. The van der Waals surface area contributed by atoms with Crippen LogP contribution >= 0.6 is 43.5 Å². The molecule has 3 aromatic carbocycles. The number of hydrogen-bond acceptors (Lipinski definition) is 4. The van der Waals surface area contributed by atoms with E-state index in [-0.39, 0.29) is 5.76 Å². The third-order valence-corrected chi connectivity index (χ3v) is 5.69. The van der Waals surface area contributed by atoms with Crippen LogP contribution in [0.1, 0.15) is 21.7 Å². The van der Waals surface area contributed by atoms with Gasteiger partial charge in [-0.15, -0.1) is 0 Å². The van der Waals surface area contributed by atoms with E-state index in [9.17, 15) is 4.79 Å². The lowest BCUT2D eigenvalue weighted by Gasteiger charge is -2.11. The summed E-state index contributed by atoms with van der Waals surface area (Å²) in [6.45, 7) is 0.400. The van der Waals surface area contributed by atoms with Crippen molar-refractivity contribution >= 4 is 66.6 Å². The van der Waals surface area contributed by atoms with Crippen molar-refractivity contribution in [3.8, 4) is 5.75 Å². The molecule has 0 spiro atoms. The van der Waals surface area contributed by atoms with Crippen LogP contribution in [0.3, 0.4) is 0 Å². The average Bonchev–Trinajstić information content (AvgIpc) is 3.17. The molecule has 4 aromatic rings. The summed E-state index contributed by atoms with van der Waals surface area (Å²) in [6.07, 6.45) is 1.49. The molecule has 5 nitrogen and oxygen atoms in total. The molecular formula is C23H15Br2ClN2O3. The van der Waals surface area contributed by atoms with Crippen LogP contribution in [0.15, 0.2) is 85.2 Å². The zero-order chi connectivity index (χ0) is 21.8. The molecule has 0 fully saturated rings. The van der Waals surface area contributed by atoms with Crippen molar-refractivity contribution in [3.05, 3.63) is 97.6 Å². The normalized spacial score (nSPS) is 11.2. The van der Waals surface area contributed by atoms with Crippen LogP contribution in [0, 0.1) is 0 Å². The predicted molar refractivity (Wildman–Crippen MR) is 129 cm³/mol. The van der Waals surface area contributed by atoms with E-state index in [0.717, 1.165) is 15.4 Å². The zero-order valence-electron chi connectivity index (χ0n) is 15.9. The van der Waals surface area contributed by atoms with Crippen LogP contribution in [-0.4, -0.2) is 12.1 Å². The first-order chi connectivity index (χ1) is 15.0. The lowest BCUT2D eigenvalue weighted by atomic mass is 10.2. The Kier molecular flexibility index (Phi) is 6.75. The number of nitrogens with zero attached hydrogens (tertiary/aromatic N) is 1. The van der Waals surface area contributed by atoms with Gasteiger partial charge in [0.1, 0.15) is 12.2 Å². The predicted octanol–water partition coefficient (Wildman–Crippen LogP) is 6.95. The molecule has 1 N–H and O–H groups in total. The molecule has 0 aliphatic heterocycles. The van der Waals surface area contributed by atoms with Crippen molar-refractivity contribution in [2.45, 2.75) is 6.61 Å². The molecule has 0 aliphatic rings. The van der Waals surface area contributed by atoms with Crippen LogP contribution in [0.25, 0.3) is 11.0 Å². The van der Waals surface area contributed by atoms with E-state index in [1.54, 1.807) is 24.3 Å². The number of carbonyl (C=O) groups is 1. The van der Waals surface area contributed by atoms with E-state index in [1.807, 2.05) is 42.5 Å². The van der Waals surface area contributed by atoms with Gasteiger partial charge in [-0.2, -0.15) is 5.10 Å². The zero-order valence-corrected chi connectivity index (χ0v) is 19.9. The van der Waals surface area contributed by atoms with E-state index in [2.05, 4.69) is 42.4 Å². The molecule has 0 atom stereocenters. The Morgan fingerprint density at radius 1 is 1.10 bits per heavy atom. The number of halogens is 3. The highest BCUT2D eigenvalue weighted by Crippen LogP contribution is 2.34. The monoisotopic (exact) mass is 560 g/mol. The quantitative estimate of drug-likeness (QED) is 0.204. The molecule has 1 aromatic heterocycles. The summed E-state index contributed by atoms with van der Waals surface area (Å²) in [4.78, 5) is 12.3. The summed E-state index contributed by atoms with van der Waals surface area (Å²) < 4.78 is 13.0. The van der Waals surface area contributed by atoms with Crippen molar-refractivity contribution < 1.29 is 13.9 Å². The molecule has 0 radical (unpaired) electrons. The van der Waals surface area contributed by atoms with Gasteiger partial charge in [-0.05, 0) is 63.5 Å². The summed E-state index contributed by atoms with van der Waals surface area (Å²) in [6, 6.07) is 20.5. The molecule has 1 amide bonds. The van der Waals surface area contributed by atoms with Crippen molar-refractivity contribution in [1.82, 2.24) is 5.43 Å². The Morgan fingerprint density at radius 2 is 1.90 bits per heavy atom. The highest BCUT2D eigenvalue weighted by Gasteiger charge is 2.12. The highest BCUT2D eigenvalue weighted by atomic mass is 79.9. The molecule has 0 saturated carbocycles. The number of hydrogen-bond donors (Lipinski definition) is 1. The Balaban J connectivity index is 1.41. The summed E-state index contributed by atoms with van der Waals surface area (Å²) in [5.41, 5.74) is 4.81. The van der Waals surface area contributed by atoms with E-state index in [1.165, 1.54) is 6.21 Å². The van der Waals surface area contributed by atoms with Gasteiger partial charge in [0.15, 0.2) is 11.5 Å². The number of amides is 1. The number of furan rings is 1. The minimum absolute atomic E-state index is 0.175. The van der Waals surface area contributed by atoms with E-state index in [0.29, 0.717) is 33.0 Å². The molecule has 4 rings (SSSR count). The highest BCUT2D eigenvalue weighted by molar-refractivity contribution is 9.10. The summed E-state index contributed by atoms with van der Waals surface area (Å²) in [5, 5.41) is 5.25. The van der Waals surface area contributed by atoms with Crippen LogP contribution in [0.5, 0.6) is 5.75 Å². The van der Waals surface area contributed by atoms with Gasteiger partial charge >= 0.3 is 5.91 Å². The average molecular weight is 563 g/mol. The van der Waals surface area contributed by atoms with Gasteiger partial charge < -0.3 is 9.15 Å². The lowest BCUT2D eigenvalue weighted by molar-refractivity contribution is 0.0929. The van der Waals surface area contributed by atoms with Crippen molar-refractivity contribution in [2.75, 3.05) is 0 Å². The second kappa shape index (κ2) is 9.68. The number of ether oxygens (including phenoxy) is 1. The van der Waals surface area contributed by atoms with Gasteiger partial charge in [-0.1, -0.05) is 57.9 Å². The second-order valence-corrected chi connectivity index (χ2v) is 8.76. The van der Waals surface area contributed by atoms with Gasteiger partial charge in [-0.25, -0.2) is 5.43 Å². The largest absolute Gasteiger partial charge is 0.486 e. The number of rotatable bonds is 6. The fourth-order valence-electron chi connectivity index (χ4n) is 2.87. The number of nitrogens with one attached hydrogen (secondary N) is 1. The van der Waals surface area contributed by atoms with Crippen LogP contribution in [-0.2, 0) is 6.61 Å². The molecule has 156 valence electrons. The standard InChI is InChI=1S/C23H15Br2ClN2O3/c24-17-6-7-20-16(10-17)11-21(31-20)23(29)28-27-12-15-8-18(25)22(19(26)9-15)30-13-14-4-2-1-3-5-14/h1-12H,13H2,(H,28,29)/b27-12+. The minimum atomic E-state index is -0.448. The second-order valence-electron chi connectivity index (χ2n) is 6.58. The first-order valence-corrected chi connectivity index (χ1v) is 11.1. The number of fused-ring (bicyclic) bond motifs is 1. The first kappa shape index (κ1) is 21.6. The van der Waals surface area contributed by atoms with E-state index < -0.39 is 5.91 Å². The Labute approximate surface area is 200 Å². The molecule has 0 aliphatic carbocycles. The first-order valence-electron chi connectivity index (χ1n) is 9.18. The Hall–Kier alpha value is -2.61. The topological polar surface area (TPSA) is 63.8 Å². The summed E-state index contributed by atoms with van der Waals surface area (Å²) >= 11 is 13.2. The summed E-state index contributed by atoms with van der Waals surface area (Å²) in [7, 11) is 0. The van der Waals surface area contributed by atoms with Crippen molar-refractivity contribution in [1.29, 1.82) is 0 Å². The fraction of sp³-hybridized carbons (Fsp3) is 0.0435. The molecule has 1 heterocycles. The van der Waals surface area contributed by atoms with Gasteiger partial charge in [0.25, 0.3) is 0 Å². The van der Waals surface area contributed by atoms with E-state index in [4.69, 9.17) is 20.8 Å². The fourth-order valence-corrected chi connectivity index (χ4v) is 4.24. The van der Waals surface area contributed by atoms with Gasteiger partial charge in [-0.3, -0.25) is 4.79 Å². The lowest BCUT2D eigenvalue weighted by Crippen LogP contribution is -2.16. The van der Waals surface area contributed by atoms with Gasteiger partial charge in [0.2, 0.25) is 0 Å². The molecule has 0 bridgehead atoms. The maximum absolute atomic E-state index is 12.3.